The Labute approximate surface area is 115 Å². The minimum atomic E-state index is -0.794. The largest absolute Gasteiger partial charge is 0.481 e. The summed E-state index contributed by atoms with van der Waals surface area (Å²) in [6.45, 7) is 7.44. The first kappa shape index (κ1) is 15.7. The molecule has 1 atom stereocenters. The molecule has 3 heteroatoms. The first-order valence-corrected chi connectivity index (χ1v) is 6.97. The highest BCUT2D eigenvalue weighted by Gasteiger charge is 2.12. The first-order valence-electron chi connectivity index (χ1n) is 6.97. The second-order valence-electron chi connectivity index (χ2n) is 5.00. The van der Waals surface area contributed by atoms with Crippen LogP contribution in [0.4, 0.5) is 0 Å². The molecular formula is C16H24O3. The monoisotopic (exact) mass is 264 g/mol. The van der Waals surface area contributed by atoms with Crippen LogP contribution >= 0.6 is 0 Å². The summed E-state index contributed by atoms with van der Waals surface area (Å²) in [4.78, 5) is 10.9. The van der Waals surface area contributed by atoms with Crippen molar-refractivity contribution in [2.75, 3.05) is 6.61 Å². The topological polar surface area (TPSA) is 46.5 Å². The van der Waals surface area contributed by atoms with E-state index in [9.17, 15) is 4.79 Å². The molecule has 0 aromatic heterocycles. The average molecular weight is 264 g/mol. The van der Waals surface area contributed by atoms with Crippen LogP contribution in [0.15, 0.2) is 24.3 Å². The molecule has 0 saturated heterocycles. The Morgan fingerprint density at radius 3 is 2.26 bits per heavy atom. The number of carboxylic acid groups (broad SMARTS) is 1. The molecule has 0 aliphatic carbocycles. The van der Waals surface area contributed by atoms with Gasteiger partial charge in [0.05, 0.1) is 12.5 Å². The number of carboxylic acids is 1. The average Bonchev–Trinajstić information content (AvgIpc) is 2.43. The zero-order valence-corrected chi connectivity index (χ0v) is 12.1. The smallest absolute Gasteiger partial charge is 0.310 e. The molecule has 1 aromatic rings. The molecule has 3 nitrogen and oxygen atoms in total. The molecule has 0 spiro atoms. The van der Waals surface area contributed by atoms with Crippen LogP contribution in [0.1, 0.15) is 50.7 Å². The maximum absolute atomic E-state index is 10.9. The Kier molecular flexibility index (Phi) is 6.57. The highest BCUT2D eigenvalue weighted by molar-refractivity contribution is 5.75. The van der Waals surface area contributed by atoms with Gasteiger partial charge in [0.2, 0.25) is 0 Å². The van der Waals surface area contributed by atoms with Gasteiger partial charge in [0.25, 0.3) is 0 Å². The molecule has 0 aliphatic heterocycles. The normalized spacial score (nSPS) is 12.6. The molecule has 19 heavy (non-hydrogen) atoms. The molecule has 106 valence electrons. The van der Waals surface area contributed by atoms with Crippen LogP contribution < -0.4 is 0 Å². The molecule has 0 heterocycles. The summed E-state index contributed by atoms with van der Waals surface area (Å²) in [6.07, 6.45) is 2.29. The van der Waals surface area contributed by atoms with Crippen LogP contribution in [0.25, 0.3) is 0 Å². The molecule has 0 radical (unpaired) electrons. The lowest BCUT2D eigenvalue weighted by molar-refractivity contribution is -0.138. The van der Waals surface area contributed by atoms with E-state index in [1.54, 1.807) is 6.92 Å². The van der Waals surface area contributed by atoms with E-state index < -0.39 is 11.9 Å². The minimum absolute atomic E-state index is 0.459. The Balaban J connectivity index is 2.46. The van der Waals surface area contributed by atoms with E-state index in [4.69, 9.17) is 9.84 Å². The number of hydrogen-bond acceptors (Lipinski definition) is 2. The van der Waals surface area contributed by atoms with Crippen LogP contribution in [0, 0.1) is 5.92 Å². The lowest BCUT2D eigenvalue weighted by Crippen LogP contribution is -2.08. The summed E-state index contributed by atoms with van der Waals surface area (Å²) < 4.78 is 5.70. The van der Waals surface area contributed by atoms with Gasteiger partial charge in [0, 0.05) is 6.61 Å². The maximum Gasteiger partial charge on any atom is 0.310 e. The van der Waals surface area contributed by atoms with Gasteiger partial charge in [-0.15, -0.1) is 0 Å². The standard InChI is InChI=1S/C16H24O3/c1-4-13(5-2)10-19-11-14-6-8-15(9-7-14)12(3)16(17)18/h6-9,12-13H,4-5,10-11H2,1-3H3,(H,17,18). The summed E-state index contributed by atoms with van der Waals surface area (Å²) in [6, 6.07) is 7.63. The van der Waals surface area contributed by atoms with E-state index in [1.807, 2.05) is 24.3 Å². The van der Waals surface area contributed by atoms with E-state index in [1.165, 1.54) is 0 Å². The number of carbonyl (C=O) groups is 1. The van der Waals surface area contributed by atoms with Crippen LogP contribution in [0.3, 0.4) is 0 Å². The van der Waals surface area contributed by atoms with E-state index in [-0.39, 0.29) is 0 Å². The zero-order valence-electron chi connectivity index (χ0n) is 12.1. The molecule has 0 bridgehead atoms. The fraction of sp³-hybridized carbons (Fsp3) is 0.562. The van der Waals surface area contributed by atoms with Gasteiger partial charge in [0.15, 0.2) is 0 Å². The van der Waals surface area contributed by atoms with Crippen molar-refractivity contribution >= 4 is 5.97 Å². The van der Waals surface area contributed by atoms with Crippen LogP contribution in [0.2, 0.25) is 0 Å². The summed E-state index contributed by atoms with van der Waals surface area (Å²) in [5.74, 6) is -0.622. The van der Waals surface area contributed by atoms with E-state index in [0.717, 1.165) is 30.6 Å². The van der Waals surface area contributed by atoms with Crippen molar-refractivity contribution in [2.45, 2.75) is 46.1 Å². The van der Waals surface area contributed by atoms with Crippen LogP contribution in [0.5, 0.6) is 0 Å². The Morgan fingerprint density at radius 1 is 1.21 bits per heavy atom. The van der Waals surface area contributed by atoms with Crippen LogP contribution in [-0.4, -0.2) is 17.7 Å². The number of rotatable bonds is 8. The van der Waals surface area contributed by atoms with Gasteiger partial charge in [-0.3, -0.25) is 4.79 Å². The summed E-state index contributed by atoms with van der Waals surface area (Å²) in [7, 11) is 0. The van der Waals surface area contributed by atoms with Crippen molar-refractivity contribution in [2.24, 2.45) is 5.92 Å². The molecule has 0 saturated carbocycles. The third-order valence-electron chi connectivity index (χ3n) is 3.63. The van der Waals surface area contributed by atoms with E-state index in [2.05, 4.69) is 13.8 Å². The number of hydrogen-bond donors (Lipinski definition) is 1. The van der Waals surface area contributed by atoms with E-state index in [0.29, 0.717) is 12.5 Å². The molecule has 1 unspecified atom stereocenters. The number of benzene rings is 1. The van der Waals surface area contributed by atoms with Crippen molar-refractivity contribution < 1.29 is 14.6 Å². The number of ether oxygens (including phenoxy) is 1. The molecular weight excluding hydrogens is 240 g/mol. The Morgan fingerprint density at radius 2 is 1.79 bits per heavy atom. The van der Waals surface area contributed by atoms with Gasteiger partial charge in [-0.1, -0.05) is 51.0 Å². The predicted molar refractivity (Wildman–Crippen MR) is 76.2 cm³/mol. The lowest BCUT2D eigenvalue weighted by atomic mass is 10.0. The molecule has 0 amide bonds. The third kappa shape index (κ3) is 5.03. The van der Waals surface area contributed by atoms with Gasteiger partial charge >= 0.3 is 5.97 Å². The minimum Gasteiger partial charge on any atom is -0.481 e. The second kappa shape index (κ2) is 7.95. The van der Waals surface area contributed by atoms with E-state index >= 15 is 0 Å². The lowest BCUT2D eigenvalue weighted by Gasteiger charge is -2.13. The SMILES string of the molecule is CCC(CC)COCc1ccc(C(C)C(=O)O)cc1. The molecule has 1 N–H and O–H groups in total. The fourth-order valence-electron chi connectivity index (χ4n) is 1.91. The number of aliphatic carboxylic acids is 1. The first-order chi connectivity index (χ1) is 9.08. The maximum atomic E-state index is 10.9. The third-order valence-corrected chi connectivity index (χ3v) is 3.63. The van der Waals surface area contributed by atoms with Crippen molar-refractivity contribution in [1.82, 2.24) is 0 Å². The van der Waals surface area contributed by atoms with Gasteiger partial charge in [-0.05, 0) is 24.0 Å². The molecule has 1 rings (SSSR count). The molecule has 1 aromatic carbocycles. The van der Waals surface area contributed by atoms with Gasteiger partial charge in [-0.2, -0.15) is 0 Å². The fourth-order valence-corrected chi connectivity index (χ4v) is 1.91. The van der Waals surface area contributed by atoms with Crippen molar-refractivity contribution in [3.05, 3.63) is 35.4 Å². The van der Waals surface area contributed by atoms with Gasteiger partial charge in [-0.25, -0.2) is 0 Å². The zero-order chi connectivity index (χ0) is 14.3. The highest BCUT2D eigenvalue weighted by atomic mass is 16.5. The van der Waals surface area contributed by atoms with Crippen LogP contribution in [-0.2, 0) is 16.1 Å². The van der Waals surface area contributed by atoms with Gasteiger partial charge < -0.3 is 9.84 Å². The summed E-state index contributed by atoms with van der Waals surface area (Å²) >= 11 is 0. The second-order valence-corrected chi connectivity index (χ2v) is 5.00. The molecule has 0 aliphatic rings. The summed E-state index contributed by atoms with van der Waals surface area (Å²) in [5, 5.41) is 8.94. The van der Waals surface area contributed by atoms with Crippen molar-refractivity contribution in [3.8, 4) is 0 Å². The van der Waals surface area contributed by atoms with Crippen molar-refractivity contribution in [1.29, 1.82) is 0 Å². The summed E-state index contributed by atoms with van der Waals surface area (Å²) in [5.41, 5.74) is 1.92. The Hall–Kier alpha value is -1.35. The molecule has 0 fully saturated rings. The highest BCUT2D eigenvalue weighted by Crippen LogP contribution is 2.17. The predicted octanol–water partition coefficient (Wildman–Crippen LogP) is 3.83. The van der Waals surface area contributed by atoms with Gasteiger partial charge in [0.1, 0.15) is 0 Å². The Bertz CT molecular complexity index is 379. The quantitative estimate of drug-likeness (QED) is 0.776. The van der Waals surface area contributed by atoms with Crippen molar-refractivity contribution in [3.63, 3.8) is 0 Å².